The summed E-state index contributed by atoms with van der Waals surface area (Å²) in [5, 5.41) is 10.6. The van der Waals surface area contributed by atoms with Crippen molar-refractivity contribution in [1.82, 2.24) is 9.55 Å². The number of rotatable bonds is 3. The first-order chi connectivity index (χ1) is 9.40. The van der Waals surface area contributed by atoms with Crippen LogP contribution in [-0.2, 0) is 6.54 Å². The topological polar surface area (TPSA) is 98.0 Å². The summed E-state index contributed by atoms with van der Waals surface area (Å²) in [6, 6.07) is 3.36. The molecule has 0 saturated carbocycles. The van der Waals surface area contributed by atoms with Crippen LogP contribution in [0, 0.1) is 21.7 Å². The Morgan fingerprint density at radius 3 is 2.65 bits per heavy atom. The maximum absolute atomic E-state index is 13.5. The van der Waals surface area contributed by atoms with E-state index in [0.717, 1.165) is 10.6 Å². The van der Waals surface area contributed by atoms with Gasteiger partial charge in [-0.1, -0.05) is 12.1 Å². The highest BCUT2D eigenvalue weighted by atomic mass is 19.2. The van der Waals surface area contributed by atoms with Crippen molar-refractivity contribution >= 4 is 5.69 Å². The number of nitro groups is 1. The van der Waals surface area contributed by atoms with Gasteiger partial charge in [-0.05, 0) is 6.07 Å². The van der Waals surface area contributed by atoms with Gasteiger partial charge >= 0.3 is 16.9 Å². The smallest absolute Gasteiger partial charge is 0.289 e. The van der Waals surface area contributed by atoms with Gasteiger partial charge in [0.25, 0.3) is 0 Å². The minimum atomic E-state index is -1.16. The maximum atomic E-state index is 13.5. The van der Waals surface area contributed by atoms with Crippen LogP contribution in [0.15, 0.2) is 34.0 Å². The Morgan fingerprint density at radius 1 is 1.30 bits per heavy atom. The van der Waals surface area contributed by atoms with Crippen molar-refractivity contribution in [1.29, 1.82) is 0 Å². The van der Waals surface area contributed by atoms with Crippen molar-refractivity contribution in [2.75, 3.05) is 0 Å². The molecule has 7 nitrogen and oxygen atoms in total. The summed E-state index contributed by atoms with van der Waals surface area (Å²) >= 11 is 0. The third-order valence-corrected chi connectivity index (χ3v) is 2.56. The second kappa shape index (κ2) is 5.03. The van der Waals surface area contributed by atoms with Gasteiger partial charge < -0.3 is 0 Å². The minimum absolute atomic E-state index is 0.173. The normalized spacial score (nSPS) is 10.5. The van der Waals surface area contributed by atoms with Crippen LogP contribution in [0.25, 0.3) is 0 Å². The van der Waals surface area contributed by atoms with Crippen LogP contribution in [0.1, 0.15) is 5.56 Å². The number of nitrogens with zero attached hydrogens (tertiary/aromatic N) is 2. The van der Waals surface area contributed by atoms with Crippen molar-refractivity contribution in [3.05, 3.63) is 72.5 Å². The largest absolute Gasteiger partial charge is 0.350 e. The van der Waals surface area contributed by atoms with Crippen LogP contribution >= 0.6 is 0 Å². The number of H-pyrrole nitrogens is 1. The van der Waals surface area contributed by atoms with Crippen LogP contribution in [-0.4, -0.2) is 14.5 Å². The van der Waals surface area contributed by atoms with Crippen LogP contribution < -0.4 is 11.2 Å². The van der Waals surface area contributed by atoms with Gasteiger partial charge in [-0.2, -0.15) is 0 Å². The molecule has 0 spiro atoms. The van der Waals surface area contributed by atoms with Crippen molar-refractivity contribution < 1.29 is 13.7 Å². The van der Waals surface area contributed by atoms with Gasteiger partial charge in [-0.25, -0.2) is 13.6 Å². The number of aromatic nitrogens is 2. The number of hydrogen-bond donors (Lipinski definition) is 1. The molecule has 1 aromatic carbocycles. The summed E-state index contributed by atoms with van der Waals surface area (Å²) in [6.45, 7) is -0.444. The van der Waals surface area contributed by atoms with E-state index < -0.39 is 40.0 Å². The first kappa shape index (κ1) is 13.6. The van der Waals surface area contributed by atoms with Crippen molar-refractivity contribution in [3.63, 3.8) is 0 Å². The molecule has 0 aliphatic heterocycles. The van der Waals surface area contributed by atoms with E-state index in [0.29, 0.717) is 6.20 Å². The van der Waals surface area contributed by atoms with E-state index in [2.05, 4.69) is 0 Å². The molecule has 0 atom stereocenters. The molecule has 1 heterocycles. The zero-order valence-corrected chi connectivity index (χ0v) is 9.80. The number of benzene rings is 1. The Bertz CT molecular complexity index is 797. The Balaban J connectivity index is 2.51. The lowest BCUT2D eigenvalue weighted by Gasteiger charge is -2.06. The van der Waals surface area contributed by atoms with Gasteiger partial charge in [0.05, 0.1) is 17.7 Å². The molecule has 104 valence electrons. The molecule has 0 aliphatic rings. The van der Waals surface area contributed by atoms with E-state index in [1.807, 2.05) is 0 Å². The lowest BCUT2D eigenvalue weighted by Crippen LogP contribution is -2.31. The van der Waals surface area contributed by atoms with E-state index in [4.69, 9.17) is 0 Å². The summed E-state index contributed by atoms with van der Waals surface area (Å²) in [5.74, 6) is -2.26. The molecular formula is C11H7F2N3O4. The Labute approximate surface area is 109 Å². The molecular weight excluding hydrogens is 276 g/mol. The van der Waals surface area contributed by atoms with E-state index >= 15 is 0 Å². The highest BCUT2D eigenvalue weighted by Gasteiger charge is 2.16. The molecule has 2 rings (SSSR count). The first-order valence-corrected chi connectivity index (χ1v) is 5.31. The number of hydrogen-bond acceptors (Lipinski definition) is 4. The molecule has 0 unspecified atom stereocenters. The molecule has 1 aromatic heterocycles. The molecule has 2 aromatic rings. The highest BCUT2D eigenvalue weighted by molar-refractivity contribution is 5.23. The second-order valence-electron chi connectivity index (χ2n) is 3.87. The van der Waals surface area contributed by atoms with Crippen molar-refractivity contribution in [2.45, 2.75) is 6.54 Å². The predicted molar refractivity (Wildman–Crippen MR) is 63.4 cm³/mol. The molecule has 1 N–H and O–H groups in total. The van der Waals surface area contributed by atoms with Crippen LogP contribution in [0.5, 0.6) is 0 Å². The minimum Gasteiger partial charge on any atom is -0.289 e. The van der Waals surface area contributed by atoms with Crippen molar-refractivity contribution in [2.24, 2.45) is 0 Å². The van der Waals surface area contributed by atoms with E-state index in [1.54, 1.807) is 4.98 Å². The Kier molecular flexibility index (Phi) is 3.42. The monoisotopic (exact) mass is 283 g/mol. The van der Waals surface area contributed by atoms with Gasteiger partial charge in [0.2, 0.25) is 0 Å². The fraction of sp³-hybridized carbons (Fsp3) is 0.0909. The van der Waals surface area contributed by atoms with Gasteiger partial charge in [0.1, 0.15) is 0 Å². The van der Waals surface area contributed by atoms with E-state index in [9.17, 15) is 28.5 Å². The molecule has 0 fully saturated rings. The summed E-state index contributed by atoms with van der Waals surface area (Å²) < 4.78 is 27.2. The zero-order valence-electron chi connectivity index (χ0n) is 9.80. The Hall–Kier alpha value is -2.84. The van der Waals surface area contributed by atoms with E-state index in [-0.39, 0.29) is 5.56 Å². The lowest BCUT2D eigenvalue weighted by molar-refractivity contribution is -0.386. The average molecular weight is 283 g/mol. The number of halogens is 2. The van der Waals surface area contributed by atoms with Gasteiger partial charge in [-0.15, -0.1) is 0 Å². The third kappa shape index (κ3) is 2.46. The summed E-state index contributed by atoms with van der Waals surface area (Å²) in [7, 11) is 0. The van der Waals surface area contributed by atoms with Crippen LogP contribution in [0.4, 0.5) is 14.5 Å². The van der Waals surface area contributed by atoms with E-state index in [1.165, 1.54) is 12.1 Å². The fourth-order valence-electron chi connectivity index (χ4n) is 1.60. The second-order valence-corrected chi connectivity index (χ2v) is 3.87. The van der Waals surface area contributed by atoms with Gasteiger partial charge in [0.15, 0.2) is 11.6 Å². The third-order valence-electron chi connectivity index (χ3n) is 2.56. The average Bonchev–Trinajstić information content (AvgIpc) is 2.37. The highest BCUT2D eigenvalue weighted by Crippen LogP contribution is 2.12. The molecule has 0 amide bonds. The predicted octanol–water partition coefficient (Wildman–Crippen LogP) is 0.771. The Morgan fingerprint density at radius 2 is 2.00 bits per heavy atom. The quantitative estimate of drug-likeness (QED) is 0.664. The van der Waals surface area contributed by atoms with Gasteiger partial charge in [-0.3, -0.25) is 24.5 Å². The molecule has 0 bridgehead atoms. The van der Waals surface area contributed by atoms with Gasteiger partial charge in [0, 0.05) is 5.56 Å². The summed E-state index contributed by atoms with van der Waals surface area (Å²) in [5.41, 5.74) is -3.14. The molecule has 0 radical (unpaired) electrons. The molecule has 0 aliphatic carbocycles. The number of nitrogens with one attached hydrogen (secondary N) is 1. The SMILES string of the molecule is O=c1[nH]c(=O)n(Cc2cccc(F)c2F)cc1[N+](=O)[O-]. The summed E-state index contributed by atoms with van der Waals surface area (Å²) in [6.07, 6.45) is 0.686. The standard InChI is InChI=1S/C11H7F2N3O4/c12-7-3-1-2-6(9(7)13)4-15-5-8(16(19)20)10(17)14-11(15)18/h1-3,5H,4H2,(H,14,17,18). The number of aromatic amines is 1. The summed E-state index contributed by atoms with van der Waals surface area (Å²) in [4.78, 5) is 34.0. The lowest BCUT2D eigenvalue weighted by atomic mass is 10.2. The van der Waals surface area contributed by atoms with Crippen LogP contribution in [0.3, 0.4) is 0 Å². The zero-order chi connectivity index (χ0) is 14.9. The van der Waals surface area contributed by atoms with Crippen molar-refractivity contribution in [3.8, 4) is 0 Å². The first-order valence-electron chi connectivity index (χ1n) is 5.31. The molecule has 9 heteroatoms. The van der Waals surface area contributed by atoms with Crippen LogP contribution in [0.2, 0.25) is 0 Å². The molecule has 20 heavy (non-hydrogen) atoms. The maximum Gasteiger partial charge on any atom is 0.350 e. The fourth-order valence-corrected chi connectivity index (χ4v) is 1.60. The molecule has 0 saturated heterocycles.